The molecule has 0 N–H and O–H groups in total. The van der Waals surface area contributed by atoms with Gasteiger partial charge in [0.2, 0.25) is 0 Å². The van der Waals surface area contributed by atoms with E-state index >= 15 is 0 Å². The van der Waals surface area contributed by atoms with E-state index in [-0.39, 0.29) is 0 Å². The molecule has 2 aliphatic rings. The number of hydrogen-bond acceptors (Lipinski definition) is 3. The highest BCUT2D eigenvalue weighted by Crippen LogP contribution is 2.60. The largest absolute Gasteiger partial charge is 0.453 e. The number of nitrogens with zero attached hydrogens (tertiary/aromatic N) is 3. The summed E-state index contributed by atoms with van der Waals surface area (Å²) in [6, 6.07) is 71.3. The van der Waals surface area contributed by atoms with Crippen molar-refractivity contribution in [3.63, 3.8) is 0 Å². The second kappa shape index (κ2) is 12.2. The molecule has 59 heavy (non-hydrogen) atoms. The summed E-state index contributed by atoms with van der Waals surface area (Å²) in [5.74, 6) is 3.12. The molecule has 0 saturated heterocycles. The quantitative estimate of drug-likeness (QED) is 0.179. The van der Waals surface area contributed by atoms with Gasteiger partial charge in [0.25, 0.3) is 0 Å². The van der Waals surface area contributed by atoms with Crippen LogP contribution in [0.5, 0.6) is 23.0 Å². The molecule has 11 aromatic rings. The third-order valence-electron chi connectivity index (χ3n) is 12.1. The van der Waals surface area contributed by atoms with Crippen molar-refractivity contribution >= 4 is 60.7 Å². The Hall–Kier alpha value is -8.02. The lowest BCUT2D eigenvalue weighted by Gasteiger charge is -2.38. The van der Waals surface area contributed by atoms with Gasteiger partial charge in [-0.15, -0.1) is 0 Å². The Kier molecular flexibility index (Phi) is 6.66. The average molecular weight is 756 g/mol. The number of benzene rings is 9. The molecule has 5 nitrogen and oxygen atoms in total. The Balaban J connectivity index is 1.03. The lowest BCUT2D eigenvalue weighted by molar-refractivity contribution is 0.445. The highest BCUT2D eigenvalue weighted by atomic mass is 16.5. The Morgan fingerprint density at radius 1 is 0.288 bits per heavy atom. The minimum absolute atomic E-state index is 0.751. The summed E-state index contributed by atoms with van der Waals surface area (Å²) >= 11 is 0. The zero-order valence-electron chi connectivity index (χ0n) is 31.7. The summed E-state index contributed by atoms with van der Waals surface area (Å²) in [4.78, 5) is 2.27. The Morgan fingerprint density at radius 3 is 1.32 bits per heavy atom. The molecular weight excluding hydrogens is 723 g/mol. The molecule has 2 aliphatic heterocycles. The van der Waals surface area contributed by atoms with Gasteiger partial charge in [-0.25, -0.2) is 0 Å². The molecule has 0 bridgehead atoms. The Morgan fingerprint density at radius 2 is 0.729 bits per heavy atom. The molecule has 0 aliphatic carbocycles. The van der Waals surface area contributed by atoms with E-state index in [1.807, 2.05) is 24.3 Å². The summed E-state index contributed by atoms with van der Waals surface area (Å²) in [5, 5.41) is 4.82. The summed E-state index contributed by atoms with van der Waals surface area (Å²) in [6.45, 7) is 0. The summed E-state index contributed by atoms with van der Waals surface area (Å²) in [5.41, 5.74) is 14.3. The third-order valence-corrected chi connectivity index (χ3v) is 12.1. The number of para-hydroxylation sites is 6. The predicted octanol–water partition coefficient (Wildman–Crippen LogP) is 14.9. The monoisotopic (exact) mass is 755 g/mol. The molecule has 5 heteroatoms. The van der Waals surface area contributed by atoms with E-state index in [0.717, 1.165) is 68.0 Å². The molecule has 0 amide bonds. The van der Waals surface area contributed by atoms with E-state index in [1.165, 1.54) is 49.3 Å². The highest BCUT2D eigenvalue weighted by Gasteiger charge is 2.35. The minimum Gasteiger partial charge on any atom is -0.453 e. The van der Waals surface area contributed by atoms with Gasteiger partial charge in [-0.2, -0.15) is 0 Å². The molecule has 0 radical (unpaired) electrons. The first kappa shape index (κ1) is 32.1. The van der Waals surface area contributed by atoms with Crippen LogP contribution in [0.3, 0.4) is 0 Å². The van der Waals surface area contributed by atoms with Crippen molar-refractivity contribution in [1.82, 2.24) is 9.13 Å². The van der Waals surface area contributed by atoms with Crippen LogP contribution in [0.1, 0.15) is 0 Å². The lowest BCUT2D eigenvalue weighted by Crippen LogP contribution is -2.20. The van der Waals surface area contributed by atoms with Gasteiger partial charge in [-0.1, -0.05) is 109 Å². The first-order valence-electron chi connectivity index (χ1n) is 20.0. The van der Waals surface area contributed by atoms with Crippen molar-refractivity contribution < 1.29 is 9.47 Å². The lowest BCUT2D eigenvalue weighted by atomic mass is 9.99. The fraction of sp³-hybridized carbons (Fsp3) is 0. The van der Waals surface area contributed by atoms with Crippen LogP contribution in [0.25, 0.3) is 77.2 Å². The van der Waals surface area contributed by atoms with Crippen LogP contribution in [0.2, 0.25) is 0 Å². The smallest absolute Gasteiger partial charge is 0.157 e. The van der Waals surface area contributed by atoms with Crippen molar-refractivity contribution in [3.8, 4) is 56.6 Å². The number of hydrogen-bond donors (Lipinski definition) is 0. The van der Waals surface area contributed by atoms with E-state index < -0.39 is 0 Å². The maximum Gasteiger partial charge on any atom is 0.157 e. The van der Waals surface area contributed by atoms with Crippen molar-refractivity contribution in [2.45, 2.75) is 0 Å². The highest BCUT2D eigenvalue weighted by molar-refractivity contribution is 6.13. The zero-order chi connectivity index (χ0) is 38.6. The number of anilines is 3. The van der Waals surface area contributed by atoms with Crippen LogP contribution in [0.15, 0.2) is 200 Å². The molecule has 0 saturated carbocycles. The van der Waals surface area contributed by atoms with E-state index in [4.69, 9.17) is 9.47 Å². The number of aromatic nitrogens is 2. The summed E-state index contributed by atoms with van der Waals surface area (Å²) in [7, 11) is 0. The zero-order valence-corrected chi connectivity index (χ0v) is 31.7. The van der Waals surface area contributed by atoms with Gasteiger partial charge in [0.1, 0.15) is 5.69 Å². The molecule has 9 aromatic carbocycles. The first-order valence-corrected chi connectivity index (χ1v) is 20.0. The van der Waals surface area contributed by atoms with Crippen molar-refractivity contribution in [3.05, 3.63) is 200 Å². The maximum atomic E-state index is 6.71. The number of fused-ring (bicyclic) bond motifs is 10. The maximum absolute atomic E-state index is 6.71. The van der Waals surface area contributed by atoms with E-state index in [0.29, 0.717) is 0 Å². The molecule has 0 fully saturated rings. The molecule has 0 atom stereocenters. The molecular formula is C54H33N3O2. The van der Waals surface area contributed by atoms with Gasteiger partial charge < -0.3 is 18.6 Å². The summed E-state index contributed by atoms with van der Waals surface area (Å²) < 4.78 is 18.2. The van der Waals surface area contributed by atoms with Gasteiger partial charge in [0, 0.05) is 39.4 Å². The second-order valence-corrected chi connectivity index (χ2v) is 15.4. The van der Waals surface area contributed by atoms with Crippen LogP contribution in [0, 0.1) is 0 Å². The second-order valence-electron chi connectivity index (χ2n) is 15.4. The van der Waals surface area contributed by atoms with Gasteiger partial charge in [0.15, 0.2) is 23.0 Å². The number of ether oxygens (including phenoxy) is 2. The molecule has 276 valence electrons. The fourth-order valence-corrected chi connectivity index (χ4v) is 9.44. The topological polar surface area (TPSA) is 31.6 Å². The van der Waals surface area contributed by atoms with Crippen LogP contribution in [-0.2, 0) is 0 Å². The first-order chi connectivity index (χ1) is 29.2. The van der Waals surface area contributed by atoms with Gasteiger partial charge in [-0.05, 0) is 101 Å². The van der Waals surface area contributed by atoms with Crippen LogP contribution in [0.4, 0.5) is 17.1 Å². The SMILES string of the molecule is c1ccc(-c2ccc3c(c2)c2cc(-c4ccc5c(c4)c4ccccc4n5-c4ccccc4)ccc2n3-c2cc3c4c(c2)Oc2ccccc2N4c2ccccc2O3)cc1. The van der Waals surface area contributed by atoms with Crippen molar-refractivity contribution in [2.24, 2.45) is 0 Å². The molecule has 0 spiro atoms. The Bertz CT molecular complexity index is 3440. The van der Waals surface area contributed by atoms with E-state index in [9.17, 15) is 0 Å². The van der Waals surface area contributed by atoms with Crippen LogP contribution in [-0.4, -0.2) is 9.13 Å². The molecule has 13 rings (SSSR count). The molecule has 0 unspecified atom stereocenters. The van der Waals surface area contributed by atoms with Gasteiger partial charge in [-0.3, -0.25) is 4.90 Å². The average Bonchev–Trinajstić information content (AvgIpc) is 3.81. The molecule has 2 aromatic heterocycles. The van der Waals surface area contributed by atoms with Crippen LogP contribution >= 0.6 is 0 Å². The van der Waals surface area contributed by atoms with E-state index in [1.54, 1.807) is 0 Å². The van der Waals surface area contributed by atoms with Gasteiger partial charge in [0.05, 0.1) is 39.1 Å². The summed E-state index contributed by atoms with van der Waals surface area (Å²) in [6.07, 6.45) is 0. The standard InChI is InChI=1S/C54H33N3O2/c1-3-13-34(14-4-1)35-23-26-46-42(29-35)43-31-37(36-24-27-45-41(30-36)40-17-7-8-18-44(40)55(45)38-15-5-2-6-16-38)25-28-47(43)56(46)39-32-52-54-53(33-39)59-51-22-12-10-20-49(51)57(54)48-19-9-11-21-50(48)58-52/h1-33H. The van der Waals surface area contributed by atoms with Crippen LogP contribution < -0.4 is 14.4 Å². The Labute approximate surface area is 339 Å². The fourth-order valence-electron chi connectivity index (χ4n) is 9.44. The predicted molar refractivity (Wildman–Crippen MR) is 241 cm³/mol. The van der Waals surface area contributed by atoms with E-state index in [2.05, 4.69) is 190 Å². The normalized spacial score (nSPS) is 12.6. The molecule has 4 heterocycles. The minimum atomic E-state index is 0.751. The van der Waals surface area contributed by atoms with Crippen molar-refractivity contribution in [1.29, 1.82) is 0 Å². The number of rotatable bonds is 4. The third kappa shape index (κ3) is 4.73. The van der Waals surface area contributed by atoms with Gasteiger partial charge >= 0.3 is 0 Å². The van der Waals surface area contributed by atoms with Crippen molar-refractivity contribution in [2.75, 3.05) is 4.90 Å².